The predicted molar refractivity (Wildman–Crippen MR) is 53.4 cm³/mol. The van der Waals surface area contributed by atoms with E-state index in [0.717, 1.165) is 5.56 Å². The quantitative estimate of drug-likeness (QED) is 0.650. The summed E-state index contributed by atoms with van der Waals surface area (Å²) < 4.78 is 13.2. The zero-order chi connectivity index (χ0) is 10.0. The van der Waals surface area contributed by atoms with Crippen LogP contribution in [0.4, 0.5) is 10.1 Å². The lowest BCUT2D eigenvalue weighted by Crippen LogP contribution is -1.98. The van der Waals surface area contributed by atoms with Gasteiger partial charge in [0.2, 0.25) is 0 Å². The van der Waals surface area contributed by atoms with Crippen LogP contribution in [0.25, 0.3) is 6.08 Å². The molecule has 0 atom stereocenters. The van der Waals surface area contributed by atoms with Gasteiger partial charge in [-0.05, 0) is 31.6 Å². The maximum atomic E-state index is 13.2. The summed E-state index contributed by atoms with van der Waals surface area (Å²) in [7, 11) is 0. The van der Waals surface area contributed by atoms with Crippen molar-refractivity contribution in [1.29, 1.82) is 0 Å². The van der Waals surface area contributed by atoms with Gasteiger partial charge >= 0.3 is 0 Å². The second-order valence-corrected chi connectivity index (χ2v) is 3.08. The normalized spacial score (nSPS) is 11.8. The standard InChI is InChI=1S/C10H13FN2/c1-6-3-4-9(11)8(10(6)13)5-7(2)12/h3-5H,12-13H2,1-2H3/b7-5-. The lowest BCUT2D eigenvalue weighted by Gasteiger charge is -2.05. The van der Waals surface area contributed by atoms with Gasteiger partial charge in [0.15, 0.2) is 0 Å². The molecule has 0 aliphatic rings. The molecule has 1 rings (SSSR count). The molecule has 0 amide bonds. The fourth-order valence-corrected chi connectivity index (χ4v) is 1.09. The number of halogens is 1. The smallest absolute Gasteiger partial charge is 0.132 e. The molecule has 4 N–H and O–H groups in total. The molecule has 0 unspecified atom stereocenters. The fourth-order valence-electron chi connectivity index (χ4n) is 1.09. The van der Waals surface area contributed by atoms with Crippen molar-refractivity contribution in [2.75, 3.05) is 5.73 Å². The van der Waals surface area contributed by atoms with E-state index < -0.39 is 0 Å². The number of hydrogen-bond acceptors (Lipinski definition) is 2. The van der Waals surface area contributed by atoms with E-state index in [2.05, 4.69) is 0 Å². The van der Waals surface area contributed by atoms with Crippen LogP contribution in [-0.2, 0) is 0 Å². The molecule has 0 radical (unpaired) electrons. The van der Waals surface area contributed by atoms with Crippen molar-refractivity contribution in [3.8, 4) is 0 Å². The number of nitrogens with two attached hydrogens (primary N) is 2. The summed E-state index contributed by atoms with van der Waals surface area (Å²) in [6.45, 7) is 3.53. The van der Waals surface area contributed by atoms with Crippen molar-refractivity contribution >= 4 is 11.8 Å². The van der Waals surface area contributed by atoms with Gasteiger partial charge in [0, 0.05) is 16.9 Å². The molecule has 0 aliphatic heterocycles. The lowest BCUT2D eigenvalue weighted by molar-refractivity contribution is 0.625. The highest BCUT2D eigenvalue weighted by atomic mass is 19.1. The number of allylic oxidation sites excluding steroid dienone is 1. The first-order chi connectivity index (χ1) is 6.02. The summed E-state index contributed by atoms with van der Waals surface area (Å²) in [6, 6.07) is 3.04. The van der Waals surface area contributed by atoms with Gasteiger partial charge in [-0.15, -0.1) is 0 Å². The van der Waals surface area contributed by atoms with Gasteiger partial charge in [-0.25, -0.2) is 4.39 Å². The predicted octanol–water partition coefficient (Wildman–Crippen LogP) is 2.04. The third kappa shape index (κ3) is 1.99. The first kappa shape index (κ1) is 9.58. The number of rotatable bonds is 1. The Labute approximate surface area is 77.0 Å². The minimum atomic E-state index is -0.340. The number of nitrogen functional groups attached to an aromatic ring is 1. The molecule has 0 fully saturated rings. The van der Waals surface area contributed by atoms with Gasteiger partial charge in [0.1, 0.15) is 5.82 Å². The lowest BCUT2D eigenvalue weighted by atomic mass is 10.1. The number of anilines is 1. The first-order valence-electron chi connectivity index (χ1n) is 4.00. The minimum absolute atomic E-state index is 0.340. The molecule has 2 nitrogen and oxygen atoms in total. The van der Waals surface area contributed by atoms with Crippen LogP contribution < -0.4 is 11.5 Å². The van der Waals surface area contributed by atoms with Crippen LogP contribution in [-0.4, -0.2) is 0 Å². The van der Waals surface area contributed by atoms with E-state index in [-0.39, 0.29) is 5.82 Å². The van der Waals surface area contributed by atoms with Crippen molar-refractivity contribution in [2.45, 2.75) is 13.8 Å². The number of benzene rings is 1. The molecule has 0 aromatic heterocycles. The SMILES string of the molecule is C/C(N)=C/c1c(F)ccc(C)c1N. The molecule has 70 valence electrons. The Bertz CT molecular complexity index is 352. The van der Waals surface area contributed by atoms with Crippen LogP contribution in [0.1, 0.15) is 18.1 Å². The van der Waals surface area contributed by atoms with Gasteiger partial charge in [-0.2, -0.15) is 0 Å². The van der Waals surface area contributed by atoms with E-state index in [1.54, 1.807) is 13.0 Å². The zero-order valence-corrected chi connectivity index (χ0v) is 7.76. The molecular weight excluding hydrogens is 167 g/mol. The highest BCUT2D eigenvalue weighted by Gasteiger charge is 2.05. The van der Waals surface area contributed by atoms with E-state index in [1.807, 2.05) is 6.92 Å². The summed E-state index contributed by atoms with van der Waals surface area (Å²) in [6.07, 6.45) is 1.54. The third-order valence-corrected chi connectivity index (χ3v) is 1.82. The molecule has 0 saturated carbocycles. The monoisotopic (exact) mass is 180 g/mol. The Kier molecular flexibility index (Phi) is 2.56. The maximum absolute atomic E-state index is 13.2. The van der Waals surface area contributed by atoms with E-state index in [4.69, 9.17) is 11.5 Å². The average molecular weight is 180 g/mol. The molecule has 1 aromatic carbocycles. The van der Waals surface area contributed by atoms with Gasteiger partial charge in [0.05, 0.1) is 0 Å². The van der Waals surface area contributed by atoms with Crippen molar-refractivity contribution in [3.63, 3.8) is 0 Å². The van der Waals surface area contributed by atoms with E-state index in [9.17, 15) is 4.39 Å². The molecule has 0 spiro atoms. The van der Waals surface area contributed by atoms with Crippen LogP contribution in [0.15, 0.2) is 17.8 Å². The third-order valence-electron chi connectivity index (χ3n) is 1.82. The summed E-state index contributed by atoms with van der Waals surface area (Å²) in [5, 5.41) is 0. The van der Waals surface area contributed by atoms with Crippen molar-refractivity contribution < 1.29 is 4.39 Å². The zero-order valence-electron chi connectivity index (χ0n) is 7.76. The Balaban J connectivity index is 3.34. The average Bonchev–Trinajstić information content (AvgIpc) is 2.05. The van der Waals surface area contributed by atoms with Crippen LogP contribution in [0.3, 0.4) is 0 Å². The Morgan fingerprint density at radius 1 is 1.46 bits per heavy atom. The first-order valence-corrected chi connectivity index (χ1v) is 4.00. The molecule has 0 bridgehead atoms. The Morgan fingerprint density at radius 3 is 2.62 bits per heavy atom. The summed E-state index contributed by atoms with van der Waals surface area (Å²) in [5.74, 6) is -0.340. The van der Waals surface area contributed by atoms with Crippen molar-refractivity contribution in [2.24, 2.45) is 5.73 Å². The van der Waals surface area contributed by atoms with Gasteiger partial charge < -0.3 is 11.5 Å². The molecule has 0 aliphatic carbocycles. The second kappa shape index (κ2) is 3.47. The summed E-state index contributed by atoms with van der Waals surface area (Å²) in [4.78, 5) is 0. The second-order valence-electron chi connectivity index (χ2n) is 3.08. The molecule has 3 heteroatoms. The van der Waals surface area contributed by atoms with E-state index in [0.29, 0.717) is 16.9 Å². The number of hydrogen-bond donors (Lipinski definition) is 2. The van der Waals surface area contributed by atoms with Gasteiger partial charge in [0.25, 0.3) is 0 Å². The van der Waals surface area contributed by atoms with Gasteiger partial charge in [-0.3, -0.25) is 0 Å². The Hall–Kier alpha value is -1.51. The van der Waals surface area contributed by atoms with Crippen LogP contribution in [0.2, 0.25) is 0 Å². The highest BCUT2D eigenvalue weighted by Crippen LogP contribution is 2.22. The van der Waals surface area contributed by atoms with Crippen LogP contribution >= 0.6 is 0 Å². The van der Waals surface area contributed by atoms with Crippen molar-refractivity contribution in [1.82, 2.24) is 0 Å². The summed E-state index contributed by atoms with van der Waals surface area (Å²) in [5.41, 5.74) is 13.4. The Morgan fingerprint density at radius 2 is 2.08 bits per heavy atom. The molecule has 0 heterocycles. The van der Waals surface area contributed by atoms with Gasteiger partial charge in [-0.1, -0.05) is 6.07 Å². The molecule has 0 saturated heterocycles. The molecule has 13 heavy (non-hydrogen) atoms. The molecular formula is C10H13FN2. The highest BCUT2D eigenvalue weighted by molar-refractivity contribution is 5.68. The number of aryl methyl sites for hydroxylation is 1. The van der Waals surface area contributed by atoms with Crippen molar-refractivity contribution in [3.05, 3.63) is 34.8 Å². The molecule has 1 aromatic rings. The largest absolute Gasteiger partial charge is 0.402 e. The minimum Gasteiger partial charge on any atom is -0.402 e. The van der Waals surface area contributed by atoms with Crippen LogP contribution in [0.5, 0.6) is 0 Å². The van der Waals surface area contributed by atoms with E-state index >= 15 is 0 Å². The summed E-state index contributed by atoms with van der Waals surface area (Å²) >= 11 is 0. The van der Waals surface area contributed by atoms with Crippen LogP contribution in [0, 0.1) is 12.7 Å². The fraction of sp³-hybridized carbons (Fsp3) is 0.200. The van der Waals surface area contributed by atoms with E-state index in [1.165, 1.54) is 12.1 Å². The maximum Gasteiger partial charge on any atom is 0.132 e. The topological polar surface area (TPSA) is 52.0 Å².